The third-order valence-corrected chi connectivity index (χ3v) is 1.60. The van der Waals surface area contributed by atoms with Crippen LogP contribution < -0.4 is 0 Å². The Bertz CT molecular complexity index is 288. The second-order valence-corrected chi connectivity index (χ2v) is 2.38. The molecule has 3 heteroatoms. The highest BCUT2D eigenvalue weighted by Gasteiger charge is 2.10. The van der Waals surface area contributed by atoms with E-state index < -0.39 is 0 Å². The number of nitrogens with one attached hydrogen (secondary N) is 1. The maximum Gasteiger partial charge on any atom is 0.339 e. The highest BCUT2D eigenvalue weighted by Crippen LogP contribution is 2.09. The van der Waals surface area contributed by atoms with Crippen molar-refractivity contribution in [2.24, 2.45) is 0 Å². The van der Waals surface area contributed by atoms with E-state index in [4.69, 9.17) is 0 Å². The van der Waals surface area contributed by atoms with Gasteiger partial charge in [0.2, 0.25) is 0 Å². The minimum absolute atomic E-state index is 0.312. The minimum Gasteiger partial charge on any atom is -0.465 e. The first-order valence-electron chi connectivity index (χ1n) is 3.64. The van der Waals surface area contributed by atoms with Gasteiger partial charge in [0.25, 0.3) is 0 Å². The number of carbonyl (C=O) groups is 1. The summed E-state index contributed by atoms with van der Waals surface area (Å²) >= 11 is 0. The highest BCUT2D eigenvalue weighted by atomic mass is 16.5. The van der Waals surface area contributed by atoms with Gasteiger partial charge in [-0.3, -0.25) is 0 Å². The molecule has 0 aliphatic heterocycles. The number of esters is 1. The average Bonchev–Trinajstić information content (AvgIpc) is 2.52. The first-order valence-corrected chi connectivity index (χ1v) is 3.64. The average molecular weight is 165 g/mol. The van der Waals surface area contributed by atoms with Crippen LogP contribution in [-0.4, -0.2) is 18.1 Å². The summed E-state index contributed by atoms with van der Waals surface area (Å²) < 4.78 is 4.59. The fraction of sp³-hybridized carbons (Fsp3) is 0.222. The van der Waals surface area contributed by atoms with Gasteiger partial charge in [0.1, 0.15) is 0 Å². The number of aromatic amines is 1. The molecule has 0 spiro atoms. The van der Waals surface area contributed by atoms with Gasteiger partial charge in [0.05, 0.1) is 12.7 Å². The van der Waals surface area contributed by atoms with Crippen LogP contribution in [0, 0.1) is 0 Å². The summed E-state index contributed by atoms with van der Waals surface area (Å²) in [5, 5.41) is 0. The number of allylic oxidation sites excluding steroid dienone is 1. The van der Waals surface area contributed by atoms with Crippen LogP contribution in [0.25, 0.3) is 0 Å². The van der Waals surface area contributed by atoms with Gasteiger partial charge in [0, 0.05) is 12.4 Å². The first kappa shape index (κ1) is 8.59. The SMILES string of the molecule is C=CCc1c[nH]cc1C(=O)OC. The van der Waals surface area contributed by atoms with Crippen LogP contribution in [0.4, 0.5) is 0 Å². The summed E-state index contributed by atoms with van der Waals surface area (Å²) in [6, 6.07) is 0. The molecule has 0 aliphatic carbocycles. The maximum atomic E-state index is 11.1. The molecule has 1 heterocycles. The topological polar surface area (TPSA) is 42.1 Å². The van der Waals surface area contributed by atoms with Crippen LogP contribution in [0.3, 0.4) is 0 Å². The normalized spacial score (nSPS) is 9.42. The molecule has 0 fully saturated rings. The number of hydrogen-bond donors (Lipinski definition) is 1. The van der Waals surface area contributed by atoms with Gasteiger partial charge >= 0.3 is 5.97 Å². The van der Waals surface area contributed by atoms with Crippen molar-refractivity contribution in [1.29, 1.82) is 0 Å². The zero-order chi connectivity index (χ0) is 8.97. The number of ether oxygens (including phenoxy) is 1. The van der Waals surface area contributed by atoms with E-state index in [-0.39, 0.29) is 5.97 Å². The van der Waals surface area contributed by atoms with Crippen LogP contribution in [-0.2, 0) is 11.2 Å². The molecule has 1 aromatic heterocycles. The molecule has 12 heavy (non-hydrogen) atoms. The van der Waals surface area contributed by atoms with Crippen molar-refractivity contribution < 1.29 is 9.53 Å². The minimum atomic E-state index is -0.312. The predicted octanol–water partition coefficient (Wildman–Crippen LogP) is 1.53. The van der Waals surface area contributed by atoms with Gasteiger partial charge in [-0.25, -0.2) is 4.79 Å². The number of H-pyrrole nitrogens is 1. The lowest BCUT2D eigenvalue weighted by Gasteiger charge is -1.97. The van der Waals surface area contributed by atoms with E-state index in [1.54, 1.807) is 18.5 Å². The Morgan fingerprint density at radius 1 is 1.75 bits per heavy atom. The molecule has 0 saturated heterocycles. The number of carbonyl (C=O) groups excluding carboxylic acids is 1. The van der Waals surface area contributed by atoms with Gasteiger partial charge in [0.15, 0.2) is 0 Å². The molecule has 1 N–H and O–H groups in total. The molecule has 1 aromatic rings. The van der Waals surface area contributed by atoms with Crippen LogP contribution in [0.1, 0.15) is 15.9 Å². The molecular formula is C9H11NO2. The maximum absolute atomic E-state index is 11.1. The van der Waals surface area contributed by atoms with E-state index in [2.05, 4.69) is 16.3 Å². The van der Waals surface area contributed by atoms with Gasteiger partial charge in [-0.05, 0) is 12.0 Å². The zero-order valence-corrected chi connectivity index (χ0v) is 6.96. The molecule has 0 amide bonds. The van der Waals surface area contributed by atoms with Crippen LogP contribution in [0.15, 0.2) is 25.0 Å². The van der Waals surface area contributed by atoms with Crippen molar-refractivity contribution in [3.05, 3.63) is 36.2 Å². The van der Waals surface area contributed by atoms with Gasteiger partial charge in [-0.2, -0.15) is 0 Å². The smallest absolute Gasteiger partial charge is 0.339 e. The Hall–Kier alpha value is -1.51. The molecule has 0 bridgehead atoms. The quantitative estimate of drug-likeness (QED) is 0.545. The Balaban J connectivity index is 2.90. The van der Waals surface area contributed by atoms with E-state index in [0.29, 0.717) is 12.0 Å². The molecular weight excluding hydrogens is 154 g/mol. The number of rotatable bonds is 3. The molecule has 1 rings (SSSR count). The second-order valence-electron chi connectivity index (χ2n) is 2.38. The summed E-state index contributed by atoms with van der Waals surface area (Å²) in [7, 11) is 1.37. The largest absolute Gasteiger partial charge is 0.465 e. The standard InChI is InChI=1S/C9H11NO2/c1-3-4-7-5-10-6-8(7)9(11)12-2/h3,5-6,10H,1,4H2,2H3. The monoisotopic (exact) mass is 165 g/mol. The molecule has 0 aromatic carbocycles. The third-order valence-electron chi connectivity index (χ3n) is 1.60. The Morgan fingerprint density at radius 3 is 3.08 bits per heavy atom. The van der Waals surface area contributed by atoms with Crippen molar-refractivity contribution in [2.45, 2.75) is 6.42 Å². The molecule has 64 valence electrons. The molecule has 0 unspecified atom stereocenters. The van der Waals surface area contributed by atoms with Crippen LogP contribution in [0.5, 0.6) is 0 Å². The summed E-state index contributed by atoms with van der Waals surface area (Å²) in [5.41, 5.74) is 1.49. The van der Waals surface area contributed by atoms with Gasteiger partial charge in [-0.1, -0.05) is 6.08 Å². The van der Waals surface area contributed by atoms with Gasteiger partial charge < -0.3 is 9.72 Å². The van der Waals surface area contributed by atoms with E-state index in [1.807, 2.05) is 0 Å². The highest BCUT2D eigenvalue weighted by molar-refractivity contribution is 5.90. The van der Waals surface area contributed by atoms with Gasteiger partial charge in [-0.15, -0.1) is 6.58 Å². The van der Waals surface area contributed by atoms with E-state index in [9.17, 15) is 4.79 Å². The summed E-state index contributed by atoms with van der Waals surface area (Å²) in [6.45, 7) is 3.60. The fourth-order valence-electron chi connectivity index (χ4n) is 1.02. The summed E-state index contributed by atoms with van der Waals surface area (Å²) in [4.78, 5) is 13.9. The number of hydrogen-bond acceptors (Lipinski definition) is 2. The predicted molar refractivity (Wildman–Crippen MR) is 46.0 cm³/mol. The van der Waals surface area contributed by atoms with Crippen LogP contribution >= 0.6 is 0 Å². The van der Waals surface area contributed by atoms with E-state index >= 15 is 0 Å². The van der Waals surface area contributed by atoms with Crippen LogP contribution in [0.2, 0.25) is 0 Å². The van der Waals surface area contributed by atoms with Crippen molar-refractivity contribution in [3.8, 4) is 0 Å². The fourth-order valence-corrected chi connectivity index (χ4v) is 1.02. The molecule has 3 nitrogen and oxygen atoms in total. The van der Waals surface area contributed by atoms with Crippen molar-refractivity contribution >= 4 is 5.97 Å². The summed E-state index contributed by atoms with van der Waals surface area (Å²) in [6.07, 6.45) is 5.82. The van der Waals surface area contributed by atoms with Crippen molar-refractivity contribution in [2.75, 3.05) is 7.11 Å². The Morgan fingerprint density at radius 2 is 2.50 bits per heavy atom. The molecule has 0 aliphatic rings. The summed E-state index contributed by atoms with van der Waals surface area (Å²) in [5.74, 6) is -0.312. The third kappa shape index (κ3) is 1.56. The Labute approximate surface area is 71.1 Å². The number of methoxy groups -OCH3 is 1. The lowest BCUT2D eigenvalue weighted by atomic mass is 10.1. The second kappa shape index (κ2) is 3.76. The number of aromatic nitrogens is 1. The van der Waals surface area contributed by atoms with E-state index in [1.165, 1.54) is 7.11 Å². The van der Waals surface area contributed by atoms with Crippen molar-refractivity contribution in [1.82, 2.24) is 4.98 Å². The zero-order valence-electron chi connectivity index (χ0n) is 6.96. The molecule has 0 atom stereocenters. The molecule has 0 saturated carbocycles. The first-order chi connectivity index (χ1) is 5.79. The lowest BCUT2D eigenvalue weighted by molar-refractivity contribution is 0.0600. The lowest BCUT2D eigenvalue weighted by Crippen LogP contribution is -2.02. The Kier molecular flexibility index (Phi) is 2.69. The molecule has 0 radical (unpaired) electrons. The van der Waals surface area contributed by atoms with Crippen molar-refractivity contribution in [3.63, 3.8) is 0 Å². The van der Waals surface area contributed by atoms with E-state index in [0.717, 1.165) is 5.56 Å².